The van der Waals surface area contributed by atoms with Crippen LogP contribution in [-0.4, -0.2) is 63.1 Å². The first-order chi connectivity index (χ1) is 14.5. The maximum atomic E-state index is 12.6. The molecule has 4 N–H and O–H groups in total. The van der Waals surface area contributed by atoms with Crippen LogP contribution in [0.1, 0.15) is 36.2 Å². The number of amides is 2. The number of likely N-dealkylation sites (tertiary alicyclic amines) is 1. The summed E-state index contributed by atoms with van der Waals surface area (Å²) in [5.74, 6) is 0.197. The summed E-state index contributed by atoms with van der Waals surface area (Å²) in [5, 5.41) is 11.3. The lowest BCUT2D eigenvalue weighted by molar-refractivity contribution is -0.131. The Kier molecular flexibility index (Phi) is 7.30. The van der Waals surface area contributed by atoms with Crippen molar-refractivity contribution in [2.45, 2.75) is 25.7 Å². The predicted molar refractivity (Wildman–Crippen MR) is 109 cm³/mol. The lowest BCUT2D eigenvalue weighted by Crippen LogP contribution is -2.41. The van der Waals surface area contributed by atoms with E-state index in [0.29, 0.717) is 32.6 Å². The molecule has 0 aliphatic carbocycles. The average Bonchev–Trinajstić information content (AvgIpc) is 2.98. The zero-order valence-electron chi connectivity index (χ0n) is 16.5. The summed E-state index contributed by atoms with van der Waals surface area (Å²) in [4.78, 5) is 55.4. The molecule has 3 heterocycles. The van der Waals surface area contributed by atoms with Crippen LogP contribution in [0.4, 0.5) is 5.82 Å². The third kappa shape index (κ3) is 6.00. The summed E-state index contributed by atoms with van der Waals surface area (Å²) in [6.07, 6.45) is 4.77. The Morgan fingerprint density at radius 3 is 2.87 bits per heavy atom. The smallest absolute Gasteiger partial charge is 0.342 e. The second-order valence-corrected chi connectivity index (χ2v) is 7.16. The van der Waals surface area contributed by atoms with Crippen LogP contribution in [0.25, 0.3) is 0 Å². The summed E-state index contributed by atoms with van der Waals surface area (Å²) in [7, 11) is 0. The molecule has 0 saturated carbocycles. The van der Waals surface area contributed by atoms with Crippen LogP contribution >= 0.6 is 0 Å². The van der Waals surface area contributed by atoms with E-state index < -0.39 is 22.9 Å². The molecule has 1 unspecified atom stereocenters. The fourth-order valence-electron chi connectivity index (χ4n) is 3.37. The van der Waals surface area contributed by atoms with Gasteiger partial charge in [-0.1, -0.05) is 12.5 Å². The third-order valence-corrected chi connectivity index (χ3v) is 4.91. The Balaban J connectivity index is 1.49. The molecule has 11 nitrogen and oxygen atoms in total. The van der Waals surface area contributed by atoms with Crippen molar-refractivity contribution in [1.29, 1.82) is 0 Å². The van der Waals surface area contributed by atoms with Crippen molar-refractivity contribution >= 4 is 17.6 Å². The highest BCUT2D eigenvalue weighted by atomic mass is 16.2. The summed E-state index contributed by atoms with van der Waals surface area (Å²) >= 11 is 0. The van der Waals surface area contributed by atoms with Crippen LogP contribution in [0.15, 0.2) is 34.0 Å². The molecule has 2 aromatic rings. The Bertz CT molecular complexity index is 973. The van der Waals surface area contributed by atoms with Crippen molar-refractivity contribution in [1.82, 2.24) is 30.4 Å². The van der Waals surface area contributed by atoms with E-state index in [-0.39, 0.29) is 11.8 Å². The number of hydrogen-bond donors (Lipinski definition) is 4. The van der Waals surface area contributed by atoms with Crippen LogP contribution in [0.2, 0.25) is 0 Å². The van der Waals surface area contributed by atoms with Gasteiger partial charge in [0.05, 0.1) is 0 Å². The van der Waals surface area contributed by atoms with E-state index in [1.54, 1.807) is 6.20 Å². The van der Waals surface area contributed by atoms with Crippen LogP contribution in [0.3, 0.4) is 0 Å². The Morgan fingerprint density at radius 1 is 1.23 bits per heavy atom. The lowest BCUT2D eigenvalue weighted by Gasteiger charge is -2.25. The van der Waals surface area contributed by atoms with Gasteiger partial charge in [0.25, 0.3) is 11.5 Å². The van der Waals surface area contributed by atoms with Gasteiger partial charge in [0.15, 0.2) is 0 Å². The Morgan fingerprint density at radius 2 is 2.10 bits per heavy atom. The van der Waals surface area contributed by atoms with Crippen molar-refractivity contribution in [3.8, 4) is 0 Å². The second kappa shape index (κ2) is 10.3. The van der Waals surface area contributed by atoms with E-state index in [2.05, 4.69) is 20.7 Å². The highest BCUT2D eigenvalue weighted by molar-refractivity contribution is 5.91. The highest BCUT2D eigenvalue weighted by Crippen LogP contribution is 2.17. The number of anilines is 1. The minimum atomic E-state index is -0.839. The van der Waals surface area contributed by atoms with Gasteiger partial charge in [-0.05, 0) is 30.9 Å². The van der Waals surface area contributed by atoms with Crippen molar-refractivity contribution in [2.24, 2.45) is 5.92 Å². The quantitative estimate of drug-likeness (QED) is 0.485. The zero-order chi connectivity index (χ0) is 21.3. The maximum absolute atomic E-state index is 12.6. The monoisotopic (exact) mass is 415 g/mol. The SMILES string of the molecule is O=C(NCC1CCCCN(C(=O)CCNc2ccccn2)C1)c1n[nH]c(=O)[nH]c1=O. The molecule has 1 aliphatic rings. The minimum Gasteiger partial charge on any atom is -0.370 e. The van der Waals surface area contributed by atoms with Crippen LogP contribution in [-0.2, 0) is 4.79 Å². The topological polar surface area (TPSA) is 153 Å². The molecule has 3 rings (SSSR count). The molecule has 2 aromatic heterocycles. The molecule has 0 aromatic carbocycles. The van der Waals surface area contributed by atoms with Crippen LogP contribution in [0.5, 0.6) is 0 Å². The van der Waals surface area contributed by atoms with Crippen molar-refractivity contribution in [3.63, 3.8) is 0 Å². The molecule has 0 radical (unpaired) electrons. The Hall–Kier alpha value is -3.50. The molecule has 1 saturated heterocycles. The molecule has 1 fully saturated rings. The van der Waals surface area contributed by atoms with Crippen LogP contribution in [0, 0.1) is 5.92 Å². The second-order valence-electron chi connectivity index (χ2n) is 7.16. The van der Waals surface area contributed by atoms with Crippen molar-refractivity contribution in [2.75, 3.05) is 31.5 Å². The van der Waals surface area contributed by atoms with E-state index >= 15 is 0 Å². The lowest BCUT2D eigenvalue weighted by atomic mass is 10.0. The van der Waals surface area contributed by atoms with E-state index in [9.17, 15) is 19.2 Å². The number of pyridine rings is 1. The van der Waals surface area contributed by atoms with Gasteiger partial charge in [-0.2, -0.15) is 5.10 Å². The first kappa shape index (κ1) is 21.2. The number of carbonyl (C=O) groups excluding carboxylic acids is 2. The molecular weight excluding hydrogens is 390 g/mol. The molecule has 0 spiro atoms. The first-order valence-corrected chi connectivity index (χ1v) is 9.93. The zero-order valence-corrected chi connectivity index (χ0v) is 16.5. The maximum Gasteiger partial charge on any atom is 0.342 e. The van der Waals surface area contributed by atoms with E-state index in [1.165, 1.54) is 0 Å². The van der Waals surface area contributed by atoms with E-state index in [0.717, 1.165) is 25.1 Å². The molecule has 1 aliphatic heterocycles. The number of nitrogens with one attached hydrogen (secondary N) is 4. The predicted octanol–water partition coefficient (Wildman–Crippen LogP) is -0.286. The number of rotatable bonds is 7. The van der Waals surface area contributed by atoms with E-state index in [4.69, 9.17) is 0 Å². The highest BCUT2D eigenvalue weighted by Gasteiger charge is 2.23. The number of hydrogen-bond acceptors (Lipinski definition) is 7. The molecular formula is C19H25N7O4. The molecule has 1 atom stereocenters. The Labute approximate surface area is 172 Å². The van der Waals surface area contributed by atoms with Gasteiger partial charge in [-0.15, -0.1) is 0 Å². The minimum absolute atomic E-state index is 0.0513. The average molecular weight is 415 g/mol. The standard InChI is InChI=1S/C19H25N7O4/c27-15(7-9-21-14-6-1-3-8-20-14)26-10-4-2-5-13(12-26)11-22-17(28)16-18(29)23-19(30)25-24-16/h1,3,6,8,13H,2,4-5,7,9-12H2,(H,20,21)(H,22,28)(H2,23,25,29,30). The van der Waals surface area contributed by atoms with Gasteiger partial charge in [0, 0.05) is 38.8 Å². The van der Waals surface area contributed by atoms with Crippen molar-refractivity contribution in [3.05, 3.63) is 50.9 Å². The van der Waals surface area contributed by atoms with E-state index in [1.807, 2.05) is 33.2 Å². The normalized spacial score (nSPS) is 16.5. The number of carbonyl (C=O) groups is 2. The summed E-state index contributed by atoms with van der Waals surface area (Å²) < 4.78 is 0. The summed E-state index contributed by atoms with van der Waals surface area (Å²) in [6, 6.07) is 5.55. The summed E-state index contributed by atoms with van der Waals surface area (Å²) in [6.45, 7) is 2.04. The molecule has 30 heavy (non-hydrogen) atoms. The van der Waals surface area contributed by atoms with Gasteiger partial charge in [0.1, 0.15) is 5.82 Å². The van der Waals surface area contributed by atoms with Gasteiger partial charge < -0.3 is 15.5 Å². The van der Waals surface area contributed by atoms with Gasteiger partial charge in [-0.25, -0.2) is 14.9 Å². The number of aromatic amines is 2. The van der Waals surface area contributed by atoms with Crippen molar-refractivity contribution < 1.29 is 9.59 Å². The first-order valence-electron chi connectivity index (χ1n) is 9.93. The largest absolute Gasteiger partial charge is 0.370 e. The molecule has 11 heteroatoms. The van der Waals surface area contributed by atoms with Gasteiger partial charge >= 0.3 is 5.69 Å². The number of aromatic nitrogens is 4. The molecule has 160 valence electrons. The molecule has 0 bridgehead atoms. The van der Waals surface area contributed by atoms with Crippen LogP contribution < -0.4 is 21.9 Å². The number of H-pyrrole nitrogens is 2. The third-order valence-electron chi connectivity index (χ3n) is 4.91. The van der Waals surface area contributed by atoms with Gasteiger partial charge in [0.2, 0.25) is 11.6 Å². The number of nitrogens with zero attached hydrogens (tertiary/aromatic N) is 3. The van der Waals surface area contributed by atoms with Gasteiger partial charge in [-0.3, -0.25) is 19.4 Å². The fraction of sp³-hybridized carbons (Fsp3) is 0.474. The fourth-order valence-corrected chi connectivity index (χ4v) is 3.37. The summed E-state index contributed by atoms with van der Waals surface area (Å²) in [5.41, 5.74) is -2.00. The molecule has 2 amide bonds.